The molecule has 5 aliphatic rings. The molecule has 2 N–H and O–H groups in total. The van der Waals surface area contributed by atoms with E-state index in [1.54, 1.807) is 37.7 Å². The molecule has 2 heteroatoms. The smallest absolute Gasteiger partial charge is 0.0360 e. The third kappa shape index (κ3) is 1.53. The van der Waals surface area contributed by atoms with E-state index < -0.39 is 0 Å². The minimum Gasteiger partial charge on any atom is -0.364 e. The van der Waals surface area contributed by atoms with Crippen LogP contribution in [0.25, 0.3) is 0 Å². The first-order valence-electron chi connectivity index (χ1n) is 8.25. The summed E-state index contributed by atoms with van der Waals surface area (Å²) < 4.78 is 0. The van der Waals surface area contributed by atoms with E-state index in [1.165, 1.54) is 12.2 Å². The molecule has 4 saturated carbocycles. The summed E-state index contributed by atoms with van der Waals surface area (Å²) in [5.41, 5.74) is 3.11. The molecule has 4 aliphatic carbocycles. The minimum absolute atomic E-state index is 0.796. The van der Waals surface area contributed by atoms with Gasteiger partial charge in [-0.1, -0.05) is 0 Å². The van der Waals surface area contributed by atoms with Crippen molar-refractivity contribution < 1.29 is 0 Å². The van der Waals surface area contributed by atoms with Gasteiger partial charge in [-0.25, -0.2) is 0 Å². The number of hydrogen-bond donors (Lipinski definition) is 2. The van der Waals surface area contributed by atoms with Gasteiger partial charge in [-0.2, -0.15) is 0 Å². The van der Waals surface area contributed by atoms with E-state index in [4.69, 9.17) is 0 Å². The largest absolute Gasteiger partial charge is 0.364 e. The quantitative estimate of drug-likeness (QED) is 0.793. The summed E-state index contributed by atoms with van der Waals surface area (Å²) in [5.74, 6) is 6.06. The van der Waals surface area contributed by atoms with Crippen LogP contribution in [-0.4, -0.2) is 11.5 Å². The van der Waals surface area contributed by atoms with Crippen molar-refractivity contribution in [2.75, 3.05) is 6.54 Å². The predicted octanol–water partition coefficient (Wildman–Crippen LogP) is 3.27. The molecule has 6 rings (SSSR count). The monoisotopic (exact) mass is 256 g/mol. The van der Waals surface area contributed by atoms with Crippen LogP contribution in [-0.2, 0) is 6.54 Å². The zero-order chi connectivity index (χ0) is 12.4. The van der Waals surface area contributed by atoms with Crippen molar-refractivity contribution >= 4 is 0 Å². The Labute approximate surface area is 115 Å². The van der Waals surface area contributed by atoms with Gasteiger partial charge in [0.05, 0.1) is 0 Å². The molecule has 2 heterocycles. The molecule has 1 atom stereocenters. The van der Waals surface area contributed by atoms with E-state index in [9.17, 15) is 0 Å². The highest BCUT2D eigenvalue weighted by molar-refractivity contribution is 5.29. The number of hydrogen-bond acceptors (Lipinski definition) is 1. The van der Waals surface area contributed by atoms with Gasteiger partial charge in [-0.15, -0.1) is 0 Å². The summed E-state index contributed by atoms with van der Waals surface area (Å²) in [5, 5.41) is 3.65. The molecular formula is C17H24N2. The Morgan fingerprint density at radius 2 is 1.68 bits per heavy atom. The number of aromatic amines is 1. The summed E-state index contributed by atoms with van der Waals surface area (Å²) in [6, 6.07) is 2.37. The molecule has 1 aromatic rings. The van der Waals surface area contributed by atoms with Crippen LogP contribution >= 0.6 is 0 Å². The average Bonchev–Trinajstić information content (AvgIpc) is 2.86. The Bertz CT molecular complexity index is 461. The zero-order valence-electron chi connectivity index (χ0n) is 11.6. The lowest BCUT2D eigenvalue weighted by Crippen LogP contribution is -2.49. The van der Waals surface area contributed by atoms with Crippen molar-refractivity contribution in [1.82, 2.24) is 10.3 Å². The molecule has 0 spiro atoms. The van der Waals surface area contributed by atoms with Crippen molar-refractivity contribution in [2.45, 2.75) is 44.6 Å². The predicted molar refractivity (Wildman–Crippen MR) is 75.8 cm³/mol. The number of fused-ring (bicyclic) bond motifs is 1. The van der Waals surface area contributed by atoms with Crippen LogP contribution < -0.4 is 5.32 Å². The van der Waals surface area contributed by atoms with Crippen molar-refractivity contribution in [1.29, 1.82) is 0 Å². The zero-order valence-corrected chi connectivity index (χ0v) is 11.6. The first-order chi connectivity index (χ1) is 9.38. The van der Waals surface area contributed by atoms with E-state index in [0.717, 1.165) is 42.1 Å². The minimum atomic E-state index is 0.796. The average molecular weight is 256 g/mol. The lowest BCUT2D eigenvalue weighted by atomic mass is 9.49. The summed E-state index contributed by atoms with van der Waals surface area (Å²) in [4.78, 5) is 3.45. The fraction of sp³-hybridized carbons (Fsp3) is 0.765. The SMILES string of the molecule is c1cc2c([nH]1)CNCC2C1C2CC3CC(C2)CC1C3. The Kier molecular flexibility index (Phi) is 2.24. The van der Waals surface area contributed by atoms with Gasteiger partial charge in [0.25, 0.3) is 0 Å². The number of nitrogens with one attached hydrogen (secondary N) is 2. The second-order valence-corrected chi connectivity index (χ2v) is 7.66. The first kappa shape index (κ1) is 11.0. The fourth-order valence-corrected chi connectivity index (χ4v) is 6.35. The van der Waals surface area contributed by atoms with Gasteiger partial charge < -0.3 is 10.3 Å². The van der Waals surface area contributed by atoms with Crippen LogP contribution in [0.4, 0.5) is 0 Å². The maximum absolute atomic E-state index is 3.65. The Balaban J connectivity index is 1.51. The van der Waals surface area contributed by atoms with Crippen molar-refractivity contribution in [3.63, 3.8) is 0 Å². The van der Waals surface area contributed by atoms with Crippen LogP contribution in [0, 0.1) is 29.6 Å². The molecule has 0 saturated heterocycles. The molecule has 1 aromatic heterocycles. The van der Waals surface area contributed by atoms with Crippen LogP contribution in [0.2, 0.25) is 0 Å². The molecule has 1 aliphatic heterocycles. The normalized spacial score (nSPS) is 47.4. The second kappa shape index (κ2) is 3.88. The van der Waals surface area contributed by atoms with Crippen LogP contribution in [0.1, 0.15) is 49.3 Å². The Morgan fingerprint density at radius 3 is 2.42 bits per heavy atom. The Hall–Kier alpha value is -0.760. The van der Waals surface area contributed by atoms with Crippen molar-refractivity contribution in [3.8, 4) is 0 Å². The third-order valence-electron chi connectivity index (χ3n) is 6.70. The van der Waals surface area contributed by atoms with Gasteiger partial charge in [0, 0.05) is 30.9 Å². The summed E-state index contributed by atoms with van der Waals surface area (Å²) in [6.45, 7) is 2.27. The molecule has 0 aromatic carbocycles. The van der Waals surface area contributed by atoms with E-state index in [2.05, 4.69) is 22.6 Å². The van der Waals surface area contributed by atoms with Gasteiger partial charge >= 0.3 is 0 Å². The lowest BCUT2D eigenvalue weighted by molar-refractivity contribution is -0.0485. The molecule has 102 valence electrons. The Morgan fingerprint density at radius 1 is 0.947 bits per heavy atom. The third-order valence-corrected chi connectivity index (χ3v) is 6.70. The number of aromatic nitrogens is 1. The molecule has 19 heavy (non-hydrogen) atoms. The topological polar surface area (TPSA) is 27.8 Å². The van der Waals surface area contributed by atoms with E-state index >= 15 is 0 Å². The highest BCUT2D eigenvalue weighted by Gasteiger charge is 2.51. The van der Waals surface area contributed by atoms with Crippen LogP contribution in [0.15, 0.2) is 12.3 Å². The molecule has 0 amide bonds. The van der Waals surface area contributed by atoms with Crippen molar-refractivity contribution in [2.24, 2.45) is 29.6 Å². The number of rotatable bonds is 1. The maximum Gasteiger partial charge on any atom is 0.0360 e. The molecular weight excluding hydrogens is 232 g/mol. The molecule has 0 radical (unpaired) electrons. The van der Waals surface area contributed by atoms with Gasteiger partial charge in [0.1, 0.15) is 0 Å². The fourth-order valence-electron chi connectivity index (χ4n) is 6.35. The summed E-state index contributed by atoms with van der Waals surface area (Å²) >= 11 is 0. The van der Waals surface area contributed by atoms with E-state index in [0.29, 0.717) is 0 Å². The van der Waals surface area contributed by atoms with Crippen LogP contribution in [0.3, 0.4) is 0 Å². The molecule has 2 nitrogen and oxygen atoms in total. The van der Waals surface area contributed by atoms with Gasteiger partial charge in [0.2, 0.25) is 0 Å². The summed E-state index contributed by atoms with van der Waals surface area (Å²) in [6.07, 6.45) is 9.92. The van der Waals surface area contributed by atoms with Gasteiger partial charge in [-0.3, -0.25) is 0 Å². The highest BCUT2D eigenvalue weighted by Crippen LogP contribution is 2.60. The van der Waals surface area contributed by atoms with Gasteiger partial charge in [0.15, 0.2) is 0 Å². The second-order valence-electron chi connectivity index (χ2n) is 7.66. The number of H-pyrrole nitrogens is 1. The molecule has 1 unspecified atom stereocenters. The first-order valence-corrected chi connectivity index (χ1v) is 8.25. The van der Waals surface area contributed by atoms with Gasteiger partial charge in [-0.05, 0) is 73.3 Å². The highest BCUT2D eigenvalue weighted by atomic mass is 14.9. The van der Waals surface area contributed by atoms with Crippen molar-refractivity contribution in [3.05, 3.63) is 23.5 Å². The van der Waals surface area contributed by atoms with E-state index in [-0.39, 0.29) is 0 Å². The standard InChI is InChI=1S/C17H24N2/c1-2-19-16-9-18-8-15(14(1)16)17-12-4-10-3-11(6-12)7-13(17)5-10/h1-2,10-13,15,17-19H,3-9H2. The van der Waals surface area contributed by atoms with Crippen LogP contribution in [0.5, 0.6) is 0 Å². The lowest BCUT2D eigenvalue weighted by Gasteiger charge is -2.57. The molecule has 4 bridgehead atoms. The molecule has 4 fully saturated rings. The van der Waals surface area contributed by atoms with E-state index in [1.807, 2.05) is 0 Å². The maximum atomic E-state index is 3.65. The summed E-state index contributed by atoms with van der Waals surface area (Å²) in [7, 11) is 0.